The van der Waals surface area contributed by atoms with Crippen LogP contribution in [0.4, 0.5) is 0 Å². The molecule has 0 radical (unpaired) electrons. The zero-order chi connectivity index (χ0) is 11.1. The summed E-state index contributed by atoms with van der Waals surface area (Å²) in [6.45, 7) is 5.78. The molecule has 1 rings (SSSR count). The second-order valence-corrected chi connectivity index (χ2v) is 3.15. The highest BCUT2D eigenvalue weighted by Crippen LogP contribution is 1.98. The second kappa shape index (κ2) is 7.91. The van der Waals surface area contributed by atoms with Crippen LogP contribution in [0.2, 0.25) is 0 Å². The number of benzene rings is 1. The summed E-state index contributed by atoms with van der Waals surface area (Å²) in [6.07, 6.45) is 0.844. The smallest absolute Gasteiger partial charge is 0.331 e. The number of carbonyl (C=O) groups excluding carboxylic acids is 1. The molecule has 1 aromatic rings. The van der Waals surface area contributed by atoms with E-state index in [0.717, 1.165) is 11.6 Å². The van der Waals surface area contributed by atoms with Gasteiger partial charge in [-0.1, -0.05) is 36.9 Å². The van der Waals surface area contributed by atoms with Crippen molar-refractivity contribution in [2.75, 3.05) is 0 Å². The fourth-order valence-electron chi connectivity index (χ4n) is 1.12. The third-order valence-electron chi connectivity index (χ3n) is 1.90. The fourth-order valence-corrected chi connectivity index (χ4v) is 1.12. The first-order valence-corrected chi connectivity index (χ1v) is 4.82. The van der Waals surface area contributed by atoms with Crippen LogP contribution in [0.5, 0.6) is 0 Å². The van der Waals surface area contributed by atoms with Crippen LogP contribution < -0.4 is 5.32 Å². The number of carbonyl (C=O) groups is 1. The first kappa shape index (κ1) is 14.7. The van der Waals surface area contributed by atoms with Crippen molar-refractivity contribution in [1.29, 1.82) is 0 Å². The van der Waals surface area contributed by atoms with E-state index in [9.17, 15) is 4.79 Å². The highest BCUT2D eigenvalue weighted by Gasteiger charge is 2.04. The summed E-state index contributed by atoms with van der Waals surface area (Å²) >= 11 is 0. The number of nitrogens with one attached hydrogen (secondary N) is 1. The quantitative estimate of drug-likeness (QED) is 0.488. The molecule has 0 aliphatic heterocycles. The Bertz CT molecular complexity index is 327. The van der Waals surface area contributed by atoms with Crippen LogP contribution in [0, 0.1) is 0 Å². The van der Waals surface area contributed by atoms with Gasteiger partial charge in [-0.3, -0.25) is 5.32 Å². The van der Waals surface area contributed by atoms with Crippen LogP contribution in [0.1, 0.15) is 12.5 Å². The van der Waals surface area contributed by atoms with E-state index in [0.29, 0.717) is 6.54 Å². The highest BCUT2D eigenvalue weighted by molar-refractivity contribution is 5.85. The van der Waals surface area contributed by atoms with Gasteiger partial charge >= 0.3 is 5.97 Å². The predicted molar refractivity (Wildman–Crippen MR) is 66.3 cm³/mol. The van der Waals surface area contributed by atoms with E-state index < -0.39 is 5.97 Å². The minimum absolute atomic E-state index is 0. The first-order valence-electron chi connectivity index (χ1n) is 4.82. The Morgan fingerprint density at radius 2 is 2.12 bits per heavy atom. The zero-order valence-electron chi connectivity index (χ0n) is 9.18. The maximum atomic E-state index is 10.9. The van der Waals surface area contributed by atoms with Gasteiger partial charge in [0.05, 0.1) is 0 Å². The molecule has 0 fully saturated rings. The Morgan fingerprint density at radius 3 is 2.69 bits per heavy atom. The molecule has 16 heavy (non-hydrogen) atoms. The van der Waals surface area contributed by atoms with Crippen molar-refractivity contribution >= 4 is 18.4 Å². The molecular formula is C12H16ClNO2. The molecule has 3 nitrogen and oxygen atoms in total. The molecule has 1 atom stereocenters. The van der Waals surface area contributed by atoms with Crippen molar-refractivity contribution < 1.29 is 9.53 Å². The normalized spacial score (nSPS) is 11.1. The van der Waals surface area contributed by atoms with Crippen LogP contribution in [0.15, 0.2) is 43.0 Å². The van der Waals surface area contributed by atoms with Gasteiger partial charge in [-0.25, -0.2) is 4.79 Å². The number of rotatable bonds is 5. The molecule has 1 unspecified atom stereocenters. The summed E-state index contributed by atoms with van der Waals surface area (Å²) in [5.41, 5.74) is 1.15. The lowest BCUT2D eigenvalue weighted by Crippen LogP contribution is -2.29. The van der Waals surface area contributed by atoms with Gasteiger partial charge in [-0.15, -0.1) is 12.4 Å². The Balaban J connectivity index is 0.00000225. The van der Waals surface area contributed by atoms with Gasteiger partial charge in [0, 0.05) is 12.6 Å². The number of halogens is 1. The summed E-state index contributed by atoms with van der Waals surface area (Å²) in [4.78, 5) is 10.9. The molecule has 0 heterocycles. The van der Waals surface area contributed by atoms with E-state index >= 15 is 0 Å². The Kier molecular flexibility index (Phi) is 7.25. The van der Waals surface area contributed by atoms with Gasteiger partial charge < -0.3 is 4.74 Å². The van der Waals surface area contributed by atoms with Crippen molar-refractivity contribution in [2.45, 2.75) is 19.7 Å². The third kappa shape index (κ3) is 5.53. The van der Waals surface area contributed by atoms with E-state index in [2.05, 4.69) is 11.9 Å². The fraction of sp³-hybridized carbons (Fsp3) is 0.250. The zero-order valence-corrected chi connectivity index (χ0v) is 10.00. The van der Waals surface area contributed by atoms with Crippen LogP contribution >= 0.6 is 12.4 Å². The Morgan fingerprint density at radius 1 is 1.50 bits per heavy atom. The molecule has 0 spiro atoms. The number of hydrogen-bond donors (Lipinski definition) is 1. The molecule has 0 aliphatic rings. The molecule has 1 N–H and O–H groups in total. The molecule has 1 aromatic carbocycles. The topological polar surface area (TPSA) is 38.3 Å². The van der Waals surface area contributed by atoms with Gasteiger partial charge in [0.15, 0.2) is 6.23 Å². The van der Waals surface area contributed by atoms with Gasteiger partial charge in [0.2, 0.25) is 0 Å². The molecule has 0 bridgehead atoms. The van der Waals surface area contributed by atoms with E-state index in [1.807, 2.05) is 30.3 Å². The van der Waals surface area contributed by atoms with E-state index in [4.69, 9.17) is 4.74 Å². The van der Waals surface area contributed by atoms with Crippen molar-refractivity contribution in [1.82, 2.24) is 5.32 Å². The first-order chi connectivity index (χ1) is 7.22. The lowest BCUT2D eigenvalue weighted by atomic mass is 10.2. The van der Waals surface area contributed by atoms with Crippen LogP contribution in [-0.2, 0) is 16.1 Å². The predicted octanol–water partition coefficient (Wildman–Crippen LogP) is 2.27. The molecule has 88 valence electrons. The number of ether oxygens (including phenoxy) is 1. The van der Waals surface area contributed by atoms with Gasteiger partial charge in [0.25, 0.3) is 0 Å². The minimum atomic E-state index is -0.414. The number of hydrogen-bond acceptors (Lipinski definition) is 3. The number of esters is 1. The molecule has 0 saturated heterocycles. The standard InChI is InChI=1S/C12H15NO2.ClH/c1-3-12(14)15-10(2)13-9-11-7-5-4-6-8-11;/h3-8,10,13H,1,9H2,2H3;1H. The highest BCUT2D eigenvalue weighted by atomic mass is 35.5. The average molecular weight is 242 g/mol. The van der Waals surface area contributed by atoms with Crippen molar-refractivity contribution in [3.63, 3.8) is 0 Å². The van der Waals surface area contributed by atoms with E-state index in [1.54, 1.807) is 6.92 Å². The minimum Gasteiger partial charge on any atom is -0.444 e. The van der Waals surface area contributed by atoms with Crippen LogP contribution in [0.3, 0.4) is 0 Å². The molecule has 4 heteroatoms. The van der Waals surface area contributed by atoms with Crippen LogP contribution in [-0.4, -0.2) is 12.2 Å². The monoisotopic (exact) mass is 241 g/mol. The maximum absolute atomic E-state index is 10.9. The van der Waals surface area contributed by atoms with Crippen molar-refractivity contribution in [2.24, 2.45) is 0 Å². The van der Waals surface area contributed by atoms with Gasteiger partial charge in [-0.05, 0) is 12.5 Å². The molecule has 0 saturated carbocycles. The van der Waals surface area contributed by atoms with Crippen molar-refractivity contribution in [3.8, 4) is 0 Å². The lowest BCUT2D eigenvalue weighted by molar-refractivity contribution is -0.143. The maximum Gasteiger partial charge on any atom is 0.331 e. The largest absolute Gasteiger partial charge is 0.444 e. The molecule has 0 aromatic heterocycles. The van der Waals surface area contributed by atoms with Gasteiger partial charge in [-0.2, -0.15) is 0 Å². The third-order valence-corrected chi connectivity index (χ3v) is 1.90. The Hall–Kier alpha value is -1.32. The van der Waals surface area contributed by atoms with Crippen molar-refractivity contribution in [3.05, 3.63) is 48.6 Å². The average Bonchev–Trinajstić information content (AvgIpc) is 2.27. The lowest BCUT2D eigenvalue weighted by Gasteiger charge is -2.13. The second-order valence-electron chi connectivity index (χ2n) is 3.15. The SMILES string of the molecule is C=CC(=O)OC(C)NCc1ccccc1.Cl. The van der Waals surface area contributed by atoms with E-state index in [1.165, 1.54) is 0 Å². The van der Waals surface area contributed by atoms with Crippen LogP contribution in [0.25, 0.3) is 0 Å². The summed E-state index contributed by atoms with van der Waals surface area (Å²) in [7, 11) is 0. The molecule has 0 amide bonds. The summed E-state index contributed by atoms with van der Waals surface area (Å²) in [5.74, 6) is -0.414. The summed E-state index contributed by atoms with van der Waals surface area (Å²) in [6, 6.07) is 9.92. The summed E-state index contributed by atoms with van der Waals surface area (Å²) in [5, 5.41) is 3.07. The summed E-state index contributed by atoms with van der Waals surface area (Å²) < 4.78 is 4.95. The van der Waals surface area contributed by atoms with Gasteiger partial charge in [0.1, 0.15) is 0 Å². The molecule has 0 aliphatic carbocycles. The Labute approximate surface area is 102 Å². The molecular weight excluding hydrogens is 226 g/mol. The van der Waals surface area contributed by atoms with E-state index in [-0.39, 0.29) is 18.6 Å².